The molecule has 0 bridgehead atoms. The molecule has 0 saturated heterocycles. The lowest BCUT2D eigenvalue weighted by atomic mass is 10.00. The molecule has 0 fully saturated rings. The number of aliphatic hydroxyl groups is 1. The molecule has 86 valence electrons. The van der Waals surface area contributed by atoms with Gasteiger partial charge in [0.1, 0.15) is 17.4 Å². The van der Waals surface area contributed by atoms with E-state index in [1.807, 2.05) is 32.0 Å². The molecule has 0 amide bonds. The summed E-state index contributed by atoms with van der Waals surface area (Å²) < 4.78 is 5.60. The Morgan fingerprint density at radius 2 is 2.12 bits per heavy atom. The lowest BCUT2D eigenvalue weighted by Gasteiger charge is -2.13. The van der Waals surface area contributed by atoms with Gasteiger partial charge in [-0.2, -0.15) is 0 Å². The Morgan fingerprint density at radius 1 is 1.38 bits per heavy atom. The summed E-state index contributed by atoms with van der Waals surface area (Å²) in [6.07, 6.45) is 0.370. The zero-order valence-electron chi connectivity index (χ0n) is 9.40. The van der Waals surface area contributed by atoms with Crippen LogP contribution in [0.2, 0.25) is 5.02 Å². The van der Waals surface area contributed by atoms with E-state index in [4.69, 9.17) is 16.0 Å². The fourth-order valence-corrected chi connectivity index (χ4v) is 1.86. The van der Waals surface area contributed by atoms with E-state index in [1.54, 1.807) is 6.07 Å². The highest BCUT2D eigenvalue weighted by atomic mass is 35.5. The molecule has 2 unspecified atom stereocenters. The second-order valence-corrected chi connectivity index (χ2v) is 4.60. The van der Waals surface area contributed by atoms with Crippen molar-refractivity contribution >= 4 is 22.6 Å². The van der Waals surface area contributed by atoms with Crippen LogP contribution in [0.1, 0.15) is 32.1 Å². The summed E-state index contributed by atoms with van der Waals surface area (Å²) in [7, 11) is 0. The zero-order chi connectivity index (χ0) is 11.7. The Labute approximate surface area is 99.8 Å². The Kier molecular flexibility index (Phi) is 3.22. The molecular formula is C13H15ClO2. The van der Waals surface area contributed by atoms with Crippen molar-refractivity contribution in [3.8, 4) is 0 Å². The second kappa shape index (κ2) is 4.48. The molecule has 0 saturated carbocycles. The first kappa shape index (κ1) is 11.5. The summed E-state index contributed by atoms with van der Waals surface area (Å²) >= 11 is 5.89. The Hall–Kier alpha value is -0.990. The van der Waals surface area contributed by atoms with Gasteiger partial charge in [-0.3, -0.25) is 0 Å². The van der Waals surface area contributed by atoms with Crippen LogP contribution in [0, 0.1) is 5.92 Å². The van der Waals surface area contributed by atoms with E-state index < -0.39 is 6.10 Å². The number of hydrogen-bond donors (Lipinski definition) is 1. The van der Waals surface area contributed by atoms with Crippen LogP contribution in [-0.4, -0.2) is 5.11 Å². The fraction of sp³-hybridized carbons (Fsp3) is 0.385. The normalized spacial score (nSPS) is 15.2. The zero-order valence-corrected chi connectivity index (χ0v) is 10.2. The first-order chi connectivity index (χ1) is 7.61. The van der Waals surface area contributed by atoms with E-state index in [9.17, 15) is 5.11 Å². The van der Waals surface area contributed by atoms with E-state index in [0.29, 0.717) is 10.8 Å². The summed E-state index contributed by atoms with van der Waals surface area (Å²) in [5.41, 5.74) is 0.766. The Balaban J connectivity index is 2.39. The predicted molar refractivity (Wildman–Crippen MR) is 65.6 cm³/mol. The molecule has 1 aromatic carbocycles. The fourth-order valence-electron chi connectivity index (χ4n) is 1.68. The number of fused-ring (bicyclic) bond motifs is 1. The van der Waals surface area contributed by atoms with Crippen LogP contribution in [-0.2, 0) is 0 Å². The standard InChI is InChI=1S/C13H15ClO2/c1-3-8(2)13(15)12-7-9-6-10(14)4-5-11(9)16-12/h4-8,13,15H,3H2,1-2H3. The molecule has 0 aliphatic carbocycles. The monoisotopic (exact) mass is 238 g/mol. The highest BCUT2D eigenvalue weighted by Crippen LogP contribution is 2.30. The summed E-state index contributed by atoms with van der Waals surface area (Å²) in [6, 6.07) is 7.31. The summed E-state index contributed by atoms with van der Waals surface area (Å²) in [6.45, 7) is 4.05. The summed E-state index contributed by atoms with van der Waals surface area (Å²) in [5, 5.41) is 11.6. The van der Waals surface area contributed by atoms with E-state index in [-0.39, 0.29) is 5.92 Å². The molecular weight excluding hydrogens is 224 g/mol. The van der Waals surface area contributed by atoms with E-state index in [1.165, 1.54) is 0 Å². The summed E-state index contributed by atoms with van der Waals surface area (Å²) in [4.78, 5) is 0. The SMILES string of the molecule is CCC(C)C(O)c1cc2cc(Cl)ccc2o1. The first-order valence-corrected chi connectivity index (χ1v) is 5.86. The molecule has 0 spiro atoms. The molecule has 3 heteroatoms. The van der Waals surface area contributed by atoms with Crippen LogP contribution in [0.4, 0.5) is 0 Å². The molecule has 16 heavy (non-hydrogen) atoms. The van der Waals surface area contributed by atoms with Crippen molar-refractivity contribution in [3.05, 3.63) is 35.0 Å². The van der Waals surface area contributed by atoms with Gasteiger partial charge in [0.05, 0.1) is 0 Å². The van der Waals surface area contributed by atoms with E-state index >= 15 is 0 Å². The molecule has 2 atom stereocenters. The quantitative estimate of drug-likeness (QED) is 0.871. The van der Waals surface area contributed by atoms with Gasteiger partial charge in [-0.1, -0.05) is 31.9 Å². The van der Waals surface area contributed by atoms with Crippen molar-refractivity contribution in [1.82, 2.24) is 0 Å². The minimum absolute atomic E-state index is 0.191. The maximum atomic E-state index is 10.0. The Bertz CT molecular complexity index is 490. The summed E-state index contributed by atoms with van der Waals surface area (Å²) in [5.74, 6) is 0.808. The number of furan rings is 1. The maximum absolute atomic E-state index is 10.0. The van der Waals surface area contributed by atoms with Crippen LogP contribution in [0.3, 0.4) is 0 Å². The van der Waals surface area contributed by atoms with Crippen molar-refractivity contribution < 1.29 is 9.52 Å². The third-order valence-corrected chi connectivity index (χ3v) is 3.21. The third-order valence-electron chi connectivity index (χ3n) is 2.97. The van der Waals surface area contributed by atoms with E-state index in [0.717, 1.165) is 17.4 Å². The highest BCUT2D eigenvalue weighted by molar-refractivity contribution is 6.31. The van der Waals surface area contributed by atoms with Crippen LogP contribution < -0.4 is 0 Å². The lowest BCUT2D eigenvalue weighted by Crippen LogP contribution is -2.06. The van der Waals surface area contributed by atoms with Crippen molar-refractivity contribution in [1.29, 1.82) is 0 Å². The number of hydrogen-bond acceptors (Lipinski definition) is 2. The molecule has 1 N–H and O–H groups in total. The predicted octanol–water partition coefficient (Wildman–Crippen LogP) is 4.17. The van der Waals surface area contributed by atoms with Crippen LogP contribution >= 0.6 is 11.6 Å². The first-order valence-electron chi connectivity index (χ1n) is 5.49. The number of halogens is 1. The number of rotatable bonds is 3. The average Bonchev–Trinajstić information content (AvgIpc) is 2.69. The lowest BCUT2D eigenvalue weighted by molar-refractivity contribution is 0.0941. The molecule has 2 nitrogen and oxygen atoms in total. The van der Waals surface area contributed by atoms with Crippen LogP contribution in [0.5, 0.6) is 0 Å². The molecule has 0 aliphatic rings. The minimum atomic E-state index is -0.545. The smallest absolute Gasteiger partial charge is 0.134 e. The number of benzene rings is 1. The van der Waals surface area contributed by atoms with Gasteiger partial charge in [-0.05, 0) is 30.2 Å². The van der Waals surface area contributed by atoms with Gasteiger partial charge in [-0.25, -0.2) is 0 Å². The second-order valence-electron chi connectivity index (χ2n) is 4.16. The Morgan fingerprint density at radius 3 is 2.81 bits per heavy atom. The van der Waals surface area contributed by atoms with Crippen LogP contribution in [0.15, 0.2) is 28.7 Å². The van der Waals surface area contributed by atoms with E-state index in [2.05, 4.69) is 0 Å². The molecule has 0 radical (unpaired) electrons. The van der Waals surface area contributed by atoms with Gasteiger partial charge in [0.2, 0.25) is 0 Å². The topological polar surface area (TPSA) is 33.4 Å². The van der Waals surface area contributed by atoms with Gasteiger partial charge in [0.15, 0.2) is 0 Å². The van der Waals surface area contributed by atoms with Crippen molar-refractivity contribution in [3.63, 3.8) is 0 Å². The third kappa shape index (κ3) is 2.08. The molecule has 2 aromatic rings. The average molecular weight is 239 g/mol. The number of aliphatic hydroxyl groups excluding tert-OH is 1. The minimum Gasteiger partial charge on any atom is -0.458 e. The van der Waals surface area contributed by atoms with Gasteiger partial charge < -0.3 is 9.52 Å². The van der Waals surface area contributed by atoms with Gasteiger partial charge in [0, 0.05) is 10.4 Å². The molecule has 1 heterocycles. The van der Waals surface area contributed by atoms with Crippen molar-refractivity contribution in [2.45, 2.75) is 26.4 Å². The highest BCUT2D eigenvalue weighted by Gasteiger charge is 2.18. The van der Waals surface area contributed by atoms with Crippen molar-refractivity contribution in [2.75, 3.05) is 0 Å². The van der Waals surface area contributed by atoms with Crippen molar-refractivity contribution in [2.24, 2.45) is 5.92 Å². The molecule has 1 aromatic heterocycles. The largest absolute Gasteiger partial charge is 0.458 e. The maximum Gasteiger partial charge on any atom is 0.134 e. The molecule has 0 aliphatic heterocycles. The van der Waals surface area contributed by atoms with Crippen LogP contribution in [0.25, 0.3) is 11.0 Å². The van der Waals surface area contributed by atoms with Gasteiger partial charge in [0.25, 0.3) is 0 Å². The van der Waals surface area contributed by atoms with Gasteiger partial charge >= 0.3 is 0 Å². The molecule has 2 rings (SSSR count). The van der Waals surface area contributed by atoms with Gasteiger partial charge in [-0.15, -0.1) is 0 Å².